The largest absolute Gasteiger partial charge is 0.416 e. The maximum absolute atomic E-state index is 13.1. The van der Waals surface area contributed by atoms with E-state index in [2.05, 4.69) is 15.7 Å². The molecule has 0 amide bonds. The molecule has 1 atom stereocenters. The normalized spacial score (nSPS) is 16.7. The Labute approximate surface area is 185 Å². The van der Waals surface area contributed by atoms with Gasteiger partial charge in [-0.25, -0.2) is 5.48 Å². The number of aromatic nitrogens is 2. The van der Waals surface area contributed by atoms with E-state index in [-0.39, 0.29) is 6.04 Å². The zero-order valence-electron chi connectivity index (χ0n) is 16.9. The van der Waals surface area contributed by atoms with Crippen LogP contribution in [-0.4, -0.2) is 22.6 Å². The minimum Gasteiger partial charge on any atom is -0.272 e. The van der Waals surface area contributed by atoms with Crippen LogP contribution in [0.5, 0.6) is 0 Å². The molecule has 10 heteroatoms. The average molecular weight is 465 g/mol. The Hall–Kier alpha value is -2.43. The van der Waals surface area contributed by atoms with Gasteiger partial charge in [-0.3, -0.25) is 9.83 Å². The lowest BCUT2D eigenvalue weighted by molar-refractivity contribution is -0.137. The third-order valence-electron chi connectivity index (χ3n) is 4.82. The number of halogens is 3. The van der Waals surface area contributed by atoms with Crippen molar-refractivity contribution in [3.05, 3.63) is 68.5 Å². The smallest absolute Gasteiger partial charge is 0.272 e. The van der Waals surface area contributed by atoms with Crippen molar-refractivity contribution in [1.29, 1.82) is 0 Å². The highest BCUT2D eigenvalue weighted by Crippen LogP contribution is 2.36. The van der Waals surface area contributed by atoms with E-state index in [0.29, 0.717) is 33.6 Å². The summed E-state index contributed by atoms with van der Waals surface area (Å²) in [6.45, 7) is 6.13. The fourth-order valence-electron chi connectivity index (χ4n) is 3.09. The summed E-state index contributed by atoms with van der Waals surface area (Å²) in [5.74, 6) is 0.493. The molecule has 0 bridgehead atoms. The molecule has 0 aliphatic carbocycles. The van der Waals surface area contributed by atoms with Crippen molar-refractivity contribution in [3.8, 4) is 0 Å². The third kappa shape index (κ3) is 4.76. The maximum Gasteiger partial charge on any atom is 0.416 e. The first-order valence-electron chi connectivity index (χ1n) is 9.43. The molecular weight excluding hydrogens is 445 g/mol. The molecule has 3 aromatic rings. The topological polar surface area (TPSA) is 59.4 Å². The van der Waals surface area contributed by atoms with Gasteiger partial charge in [0.05, 0.1) is 16.8 Å². The Kier molecular flexibility index (Phi) is 6.05. The SMILES string of the molecule is Cc1ccc([C@@H]2CONC(c3c(Sc4cccc(C(F)(F)F)c4)nnc(C)c3C)=N2)s1. The number of benzene rings is 1. The summed E-state index contributed by atoms with van der Waals surface area (Å²) in [6.07, 6.45) is -4.41. The van der Waals surface area contributed by atoms with Gasteiger partial charge < -0.3 is 0 Å². The van der Waals surface area contributed by atoms with Gasteiger partial charge in [0.15, 0.2) is 5.84 Å². The predicted octanol–water partition coefficient (Wildman–Crippen LogP) is 5.66. The summed E-state index contributed by atoms with van der Waals surface area (Å²) in [5, 5.41) is 8.89. The first kappa shape index (κ1) is 21.8. The lowest BCUT2D eigenvalue weighted by Gasteiger charge is -2.23. The predicted molar refractivity (Wildman–Crippen MR) is 114 cm³/mol. The van der Waals surface area contributed by atoms with E-state index in [1.807, 2.05) is 32.9 Å². The molecule has 0 fully saturated rings. The van der Waals surface area contributed by atoms with Gasteiger partial charge in [0.2, 0.25) is 0 Å². The Morgan fingerprint density at radius 1 is 1.13 bits per heavy atom. The van der Waals surface area contributed by atoms with Crippen LogP contribution in [0.1, 0.15) is 38.2 Å². The van der Waals surface area contributed by atoms with Gasteiger partial charge in [-0.1, -0.05) is 17.8 Å². The molecule has 0 saturated heterocycles. The second-order valence-electron chi connectivity index (χ2n) is 7.07. The van der Waals surface area contributed by atoms with Crippen molar-refractivity contribution in [3.63, 3.8) is 0 Å². The molecule has 4 rings (SSSR count). The molecule has 0 unspecified atom stereocenters. The van der Waals surface area contributed by atoms with Crippen LogP contribution in [0, 0.1) is 20.8 Å². The standard InChI is InChI=1S/C21H19F3N4OS2/c1-11-7-8-17(30-11)16-10-29-28-19(25-16)18-12(2)13(3)26-27-20(18)31-15-6-4-5-14(9-15)21(22,23)24/h4-9,16H,10H2,1-3H3,(H,25,28)/t16-/m0/s1. The number of nitrogens with zero attached hydrogens (tertiary/aromatic N) is 3. The van der Waals surface area contributed by atoms with Gasteiger partial charge in [0.25, 0.3) is 0 Å². The van der Waals surface area contributed by atoms with Gasteiger partial charge in [-0.15, -0.1) is 16.4 Å². The van der Waals surface area contributed by atoms with E-state index in [9.17, 15) is 13.2 Å². The first-order valence-corrected chi connectivity index (χ1v) is 11.1. The molecule has 0 radical (unpaired) electrons. The summed E-state index contributed by atoms with van der Waals surface area (Å²) in [4.78, 5) is 13.1. The molecule has 1 aliphatic heterocycles. The van der Waals surface area contributed by atoms with Crippen LogP contribution in [0.2, 0.25) is 0 Å². The van der Waals surface area contributed by atoms with Crippen LogP contribution in [0.4, 0.5) is 13.2 Å². The molecular formula is C21H19F3N4OS2. The molecule has 2 aromatic heterocycles. The van der Waals surface area contributed by atoms with Gasteiger partial charge in [-0.2, -0.15) is 18.3 Å². The van der Waals surface area contributed by atoms with Crippen molar-refractivity contribution in [1.82, 2.24) is 15.7 Å². The van der Waals surface area contributed by atoms with Gasteiger partial charge >= 0.3 is 6.18 Å². The highest BCUT2D eigenvalue weighted by Gasteiger charge is 2.31. The van der Waals surface area contributed by atoms with Crippen molar-refractivity contribution < 1.29 is 18.0 Å². The second-order valence-corrected chi connectivity index (χ2v) is 9.45. The van der Waals surface area contributed by atoms with Crippen LogP contribution >= 0.6 is 23.1 Å². The number of hydroxylamine groups is 1. The van der Waals surface area contributed by atoms with E-state index in [1.54, 1.807) is 17.4 Å². The molecule has 5 nitrogen and oxygen atoms in total. The summed E-state index contributed by atoms with van der Waals surface area (Å²) in [5.41, 5.74) is 4.38. The lowest BCUT2D eigenvalue weighted by atomic mass is 10.1. The Balaban J connectivity index is 1.73. The minimum atomic E-state index is -4.41. The van der Waals surface area contributed by atoms with Crippen molar-refractivity contribution >= 4 is 28.9 Å². The first-order chi connectivity index (χ1) is 14.7. The van der Waals surface area contributed by atoms with E-state index in [0.717, 1.165) is 34.3 Å². The van der Waals surface area contributed by atoms with Gasteiger partial charge in [0.1, 0.15) is 17.7 Å². The minimum absolute atomic E-state index is 0.172. The van der Waals surface area contributed by atoms with Crippen LogP contribution in [0.15, 0.2) is 51.3 Å². The maximum atomic E-state index is 13.1. The monoisotopic (exact) mass is 464 g/mol. The fourth-order valence-corrected chi connectivity index (χ4v) is 4.98. The molecule has 31 heavy (non-hydrogen) atoms. The van der Waals surface area contributed by atoms with Crippen molar-refractivity contribution in [2.24, 2.45) is 4.99 Å². The average Bonchev–Trinajstić information content (AvgIpc) is 3.17. The van der Waals surface area contributed by atoms with Crippen molar-refractivity contribution in [2.75, 3.05) is 6.61 Å². The summed E-state index contributed by atoms with van der Waals surface area (Å²) in [6, 6.07) is 9.05. The molecule has 0 saturated carbocycles. The van der Waals surface area contributed by atoms with E-state index < -0.39 is 11.7 Å². The number of thiophene rings is 1. The second kappa shape index (κ2) is 8.60. The van der Waals surface area contributed by atoms with Crippen LogP contribution < -0.4 is 5.48 Å². The van der Waals surface area contributed by atoms with E-state index in [1.165, 1.54) is 10.9 Å². The molecule has 3 heterocycles. The summed E-state index contributed by atoms with van der Waals surface area (Å²) < 4.78 is 39.4. The molecule has 1 N–H and O–H groups in total. The number of amidine groups is 1. The Bertz CT molecular complexity index is 1140. The number of aliphatic imine (C=N–C) groups is 1. The van der Waals surface area contributed by atoms with E-state index in [4.69, 9.17) is 9.83 Å². The van der Waals surface area contributed by atoms with Gasteiger partial charge in [-0.05, 0) is 56.7 Å². The number of nitrogens with one attached hydrogen (secondary N) is 1. The van der Waals surface area contributed by atoms with Crippen LogP contribution in [0.3, 0.4) is 0 Å². The summed E-state index contributed by atoms with van der Waals surface area (Å²) in [7, 11) is 0. The third-order valence-corrected chi connectivity index (χ3v) is 6.89. The van der Waals surface area contributed by atoms with Crippen LogP contribution in [0.25, 0.3) is 0 Å². The molecule has 1 aliphatic rings. The number of rotatable bonds is 4. The molecule has 1 aromatic carbocycles. The number of hydrogen-bond donors (Lipinski definition) is 1. The lowest BCUT2D eigenvalue weighted by Crippen LogP contribution is -2.33. The fraction of sp³-hybridized carbons (Fsp3) is 0.286. The highest BCUT2D eigenvalue weighted by molar-refractivity contribution is 7.99. The van der Waals surface area contributed by atoms with E-state index >= 15 is 0 Å². The Morgan fingerprint density at radius 2 is 1.94 bits per heavy atom. The van der Waals surface area contributed by atoms with Crippen LogP contribution in [-0.2, 0) is 11.0 Å². The molecule has 0 spiro atoms. The van der Waals surface area contributed by atoms with Crippen molar-refractivity contribution in [2.45, 2.75) is 42.9 Å². The molecule has 162 valence electrons. The Morgan fingerprint density at radius 3 is 2.65 bits per heavy atom. The number of aryl methyl sites for hydroxylation is 2. The quantitative estimate of drug-likeness (QED) is 0.540. The summed E-state index contributed by atoms with van der Waals surface area (Å²) >= 11 is 2.77. The van der Waals surface area contributed by atoms with Gasteiger partial charge in [0, 0.05) is 14.6 Å². The number of alkyl halides is 3. The zero-order valence-corrected chi connectivity index (χ0v) is 18.6. The highest BCUT2D eigenvalue weighted by atomic mass is 32.2. The number of hydrogen-bond acceptors (Lipinski definition) is 7. The zero-order chi connectivity index (χ0) is 22.2.